The smallest absolute Gasteiger partial charge is 0.244 e. The SMILES string of the molecule is COCCNc1nncc(NCCC(C)C)n1. The molecule has 96 valence electrons. The molecule has 0 radical (unpaired) electrons. The third-order valence-corrected chi connectivity index (χ3v) is 2.18. The highest BCUT2D eigenvalue weighted by atomic mass is 16.5. The molecule has 0 atom stereocenters. The number of rotatable bonds is 8. The average molecular weight is 239 g/mol. The minimum atomic E-state index is 0.525. The molecule has 6 heteroatoms. The van der Waals surface area contributed by atoms with Crippen LogP contribution in [0.5, 0.6) is 0 Å². The van der Waals surface area contributed by atoms with Crippen LogP contribution in [0, 0.1) is 5.92 Å². The van der Waals surface area contributed by atoms with Gasteiger partial charge < -0.3 is 15.4 Å². The molecule has 0 aliphatic carbocycles. The topological polar surface area (TPSA) is 72.0 Å². The van der Waals surface area contributed by atoms with E-state index in [4.69, 9.17) is 4.74 Å². The third kappa shape index (κ3) is 6.01. The molecule has 6 nitrogen and oxygen atoms in total. The number of hydrogen-bond acceptors (Lipinski definition) is 6. The maximum absolute atomic E-state index is 4.93. The minimum Gasteiger partial charge on any atom is -0.383 e. The van der Waals surface area contributed by atoms with Crippen molar-refractivity contribution in [1.82, 2.24) is 15.2 Å². The highest BCUT2D eigenvalue weighted by Crippen LogP contribution is 2.05. The number of hydrogen-bond donors (Lipinski definition) is 2. The first-order chi connectivity index (χ1) is 8.22. The second kappa shape index (κ2) is 7.78. The van der Waals surface area contributed by atoms with Crippen molar-refractivity contribution in [2.45, 2.75) is 20.3 Å². The van der Waals surface area contributed by atoms with E-state index in [1.54, 1.807) is 13.3 Å². The molecule has 0 saturated carbocycles. The predicted molar refractivity (Wildman–Crippen MR) is 68.1 cm³/mol. The van der Waals surface area contributed by atoms with Gasteiger partial charge in [0, 0.05) is 20.2 Å². The Kier molecular flexibility index (Phi) is 6.24. The van der Waals surface area contributed by atoms with E-state index in [1.807, 2.05) is 0 Å². The highest BCUT2D eigenvalue weighted by Gasteiger charge is 2.00. The Labute approximate surface area is 102 Å². The maximum atomic E-state index is 4.93. The van der Waals surface area contributed by atoms with E-state index in [0.717, 1.165) is 18.8 Å². The highest BCUT2D eigenvalue weighted by molar-refractivity contribution is 5.36. The van der Waals surface area contributed by atoms with Gasteiger partial charge >= 0.3 is 0 Å². The van der Waals surface area contributed by atoms with Crippen LogP contribution in [0.2, 0.25) is 0 Å². The predicted octanol–water partition coefficient (Wildman–Crippen LogP) is 1.39. The molecular weight excluding hydrogens is 218 g/mol. The lowest BCUT2D eigenvalue weighted by Crippen LogP contribution is -2.13. The molecule has 0 fully saturated rings. The van der Waals surface area contributed by atoms with Crippen LogP contribution in [0.3, 0.4) is 0 Å². The zero-order valence-corrected chi connectivity index (χ0v) is 10.7. The first-order valence-corrected chi connectivity index (χ1v) is 5.88. The fraction of sp³-hybridized carbons (Fsp3) is 0.727. The molecule has 17 heavy (non-hydrogen) atoms. The fourth-order valence-corrected chi connectivity index (χ4v) is 1.22. The van der Waals surface area contributed by atoms with Crippen molar-refractivity contribution in [3.05, 3.63) is 6.20 Å². The van der Waals surface area contributed by atoms with E-state index < -0.39 is 0 Å². The van der Waals surface area contributed by atoms with Crippen LogP contribution < -0.4 is 10.6 Å². The summed E-state index contributed by atoms with van der Waals surface area (Å²) in [7, 11) is 1.66. The number of aromatic nitrogens is 3. The van der Waals surface area contributed by atoms with E-state index in [0.29, 0.717) is 25.0 Å². The summed E-state index contributed by atoms with van der Waals surface area (Å²) in [5.41, 5.74) is 0. The number of ether oxygens (including phenoxy) is 1. The number of nitrogens with zero attached hydrogens (tertiary/aromatic N) is 3. The monoisotopic (exact) mass is 239 g/mol. The van der Waals surface area contributed by atoms with Gasteiger partial charge in [-0.2, -0.15) is 10.1 Å². The van der Waals surface area contributed by atoms with Crippen LogP contribution in [0.1, 0.15) is 20.3 Å². The lowest BCUT2D eigenvalue weighted by atomic mass is 10.1. The Morgan fingerprint density at radius 1 is 1.29 bits per heavy atom. The molecule has 0 unspecified atom stereocenters. The molecule has 0 aromatic carbocycles. The summed E-state index contributed by atoms with van der Waals surface area (Å²) >= 11 is 0. The van der Waals surface area contributed by atoms with Crippen molar-refractivity contribution in [3.8, 4) is 0 Å². The lowest BCUT2D eigenvalue weighted by Gasteiger charge is -2.08. The quantitative estimate of drug-likeness (QED) is 0.668. The summed E-state index contributed by atoms with van der Waals surface area (Å²) in [6.45, 7) is 6.57. The first kappa shape index (κ1) is 13.6. The zero-order chi connectivity index (χ0) is 12.5. The molecule has 1 heterocycles. The molecule has 1 rings (SSSR count). The Morgan fingerprint density at radius 3 is 2.82 bits per heavy atom. The fourth-order valence-electron chi connectivity index (χ4n) is 1.22. The van der Waals surface area contributed by atoms with Crippen molar-refractivity contribution in [2.75, 3.05) is 37.4 Å². The Bertz CT molecular complexity index is 318. The largest absolute Gasteiger partial charge is 0.383 e. The lowest BCUT2D eigenvalue weighted by molar-refractivity contribution is 0.210. The summed E-state index contributed by atoms with van der Waals surface area (Å²) in [6, 6.07) is 0. The van der Waals surface area contributed by atoms with Gasteiger partial charge in [0.2, 0.25) is 5.95 Å². The van der Waals surface area contributed by atoms with Crippen molar-refractivity contribution >= 4 is 11.8 Å². The molecule has 1 aromatic heterocycles. The van der Waals surface area contributed by atoms with Crippen molar-refractivity contribution < 1.29 is 4.74 Å². The summed E-state index contributed by atoms with van der Waals surface area (Å²) in [6.07, 6.45) is 2.73. The summed E-state index contributed by atoms with van der Waals surface area (Å²) in [4.78, 5) is 4.29. The van der Waals surface area contributed by atoms with E-state index >= 15 is 0 Å². The summed E-state index contributed by atoms with van der Waals surface area (Å²) in [5, 5.41) is 14.0. The number of methoxy groups -OCH3 is 1. The minimum absolute atomic E-state index is 0.525. The molecule has 0 bridgehead atoms. The Morgan fingerprint density at radius 2 is 2.12 bits per heavy atom. The van der Waals surface area contributed by atoms with Gasteiger partial charge in [-0.15, -0.1) is 5.10 Å². The van der Waals surface area contributed by atoms with Crippen LogP contribution in [-0.4, -0.2) is 42.0 Å². The molecule has 1 aromatic rings. The van der Waals surface area contributed by atoms with Gasteiger partial charge in [-0.3, -0.25) is 0 Å². The van der Waals surface area contributed by atoms with Gasteiger partial charge in [-0.1, -0.05) is 13.8 Å². The van der Waals surface area contributed by atoms with Gasteiger partial charge in [-0.25, -0.2) is 0 Å². The van der Waals surface area contributed by atoms with Crippen LogP contribution in [0.4, 0.5) is 11.8 Å². The van der Waals surface area contributed by atoms with Crippen LogP contribution in [-0.2, 0) is 4.74 Å². The van der Waals surface area contributed by atoms with E-state index in [1.165, 1.54) is 0 Å². The average Bonchev–Trinajstić information content (AvgIpc) is 2.29. The van der Waals surface area contributed by atoms with Gasteiger partial charge in [0.1, 0.15) is 5.82 Å². The van der Waals surface area contributed by atoms with Gasteiger partial charge in [0.05, 0.1) is 12.8 Å². The van der Waals surface area contributed by atoms with Crippen molar-refractivity contribution in [3.63, 3.8) is 0 Å². The molecule has 0 amide bonds. The summed E-state index contributed by atoms with van der Waals surface area (Å²) in [5.74, 6) is 1.95. The van der Waals surface area contributed by atoms with Gasteiger partial charge in [0.15, 0.2) is 0 Å². The molecule has 2 N–H and O–H groups in total. The molecule has 0 aliphatic rings. The molecular formula is C11H21N5O. The third-order valence-electron chi connectivity index (χ3n) is 2.18. The normalized spacial score (nSPS) is 10.6. The van der Waals surface area contributed by atoms with Crippen molar-refractivity contribution in [1.29, 1.82) is 0 Å². The van der Waals surface area contributed by atoms with Gasteiger partial charge in [-0.05, 0) is 12.3 Å². The molecule has 0 spiro atoms. The Balaban J connectivity index is 2.37. The van der Waals surface area contributed by atoms with E-state index in [2.05, 4.69) is 39.7 Å². The Hall–Kier alpha value is -1.43. The summed E-state index contributed by atoms with van der Waals surface area (Å²) < 4.78 is 4.93. The molecule has 0 saturated heterocycles. The number of nitrogens with one attached hydrogen (secondary N) is 2. The van der Waals surface area contributed by atoms with E-state index in [-0.39, 0.29) is 0 Å². The molecule has 0 aliphatic heterocycles. The zero-order valence-electron chi connectivity index (χ0n) is 10.7. The van der Waals surface area contributed by atoms with Crippen LogP contribution in [0.15, 0.2) is 6.20 Å². The van der Waals surface area contributed by atoms with E-state index in [9.17, 15) is 0 Å². The maximum Gasteiger partial charge on any atom is 0.244 e. The first-order valence-electron chi connectivity index (χ1n) is 5.88. The second-order valence-corrected chi connectivity index (χ2v) is 4.19. The van der Waals surface area contributed by atoms with Crippen LogP contribution in [0.25, 0.3) is 0 Å². The number of anilines is 2. The second-order valence-electron chi connectivity index (χ2n) is 4.19. The standard InChI is InChI=1S/C11H21N5O/c1-9(2)4-5-12-10-8-14-16-11(15-10)13-6-7-17-3/h8-9H,4-7H2,1-3H3,(H2,12,13,15,16). The van der Waals surface area contributed by atoms with Crippen LogP contribution >= 0.6 is 0 Å². The van der Waals surface area contributed by atoms with Gasteiger partial charge in [0.25, 0.3) is 0 Å². The van der Waals surface area contributed by atoms with Crippen molar-refractivity contribution in [2.24, 2.45) is 5.92 Å².